The molecule has 0 aromatic carbocycles. The first kappa shape index (κ1) is 21.3. The first-order valence-electron chi connectivity index (χ1n) is 12.4. The van der Waals surface area contributed by atoms with Crippen molar-refractivity contribution in [3.63, 3.8) is 0 Å². The standard InChI is InChI=1S/C26H37N2O3/c1-25-11-8-20-18-5-7-22(24(30)16-28-14-13-27-28)19(18)4-6-21(20)23(25)9-12-26(31,17-25)10-2-3-15-29/h13-14,18-23,29,31H,3-9,11-12,15-17H2,1H3/q+1/t18?,19-,20-,21?,22-,23+,25+,26+/m0/s1. The summed E-state index contributed by atoms with van der Waals surface area (Å²) in [4.78, 5) is 12.9. The number of rotatable bonds is 4. The van der Waals surface area contributed by atoms with E-state index in [9.17, 15) is 9.90 Å². The highest BCUT2D eigenvalue weighted by Gasteiger charge is 2.57. The maximum Gasteiger partial charge on any atom is 0.232 e. The molecule has 2 N–H and O–H groups in total. The Morgan fingerprint density at radius 1 is 1.10 bits per heavy atom. The van der Waals surface area contributed by atoms with Crippen molar-refractivity contribution in [2.75, 3.05) is 13.2 Å². The number of ketones is 1. The molecule has 4 saturated carbocycles. The van der Waals surface area contributed by atoms with Crippen molar-refractivity contribution in [1.29, 1.82) is 0 Å². The van der Waals surface area contributed by atoms with Crippen LogP contribution in [0.1, 0.15) is 71.1 Å². The van der Waals surface area contributed by atoms with Crippen molar-refractivity contribution in [3.8, 4) is 11.8 Å². The Labute approximate surface area is 186 Å². The average Bonchev–Trinajstić information content (AvgIpc) is 3.14. The van der Waals surface area contributed by atoms with Gasteiger partial charge in [0.15, 0.2) is 6.20 Å². The van der Waals surface area contributed by atoms with Crippen LogP contribution in [0, 0.1) is 52.8 Å². The van der Waals surface area contributed by atoms with Gasteiger partial charge in [0, 0.05) is 12.3 Å². The van der Waals surface area contributed by atoms with Gasteiger partial charge in [0.05, 0.1) is 6.61 Å². The van der Waals surface area contributed by atoms with Crippen LogP contribution in [0.5, 0.6) is 0 Å². The van der Waals surface area contributed by atoms with Gasteiger partial charge in [0.25, 0.3) is 0 Å². The Morgan fingerprint density at radius 2 is 1.84 bits per heavy atom. The first-order chi connectivity index (χ1) is 14.9. The fraction of sp³-hybridized carbons (Fsp3) is 0.808. The summed E-state index contributed by atoms with van der Waals surface area (Å²) in [7, 11) is 0. The van der Waals surface area contributed by atoms with E-state index in [0.29, 0.717) is 36.5 Å². The van der Waals surface area contributed by atoms with E-state index in [1.165, 1.54) is 32.1 Å². The number of Topliss-reactive ketones (excluding diaryl/α,β-unsaturated/α-hetero) is 1. The van der Waals surface area contributed by atoms with Gasteiger partial charge in [-0.2, -0.15) is 0 Å². The van der Waals surface area contributed by atoms with E-state index in [2.05, 4.69) is 23.9 Å². The molecule has 31 heavy (non-hydrogen) atoms. The lowest BCUT2D eigenvalue weighted by Gasteiger charge is -2.58. The predicted octanol–water partition coefficient (Wildman–Crippen LogP) is 3.89. The number of aliphatic hydroxyl groups excluding tert-OH is 1. The number of azo groups is 2. The van der Waals surface area contributed by atoms with Crippen molar-refractivity contribution in [2.24, 2.45) is 46.0 Å². The SMILES string of the molecule is C[C@]12CC[C@@H]3C(CC[C@H]4C3CC[C@@H]4C(=O)C[N+]3=NC=C3)[C@H]1CC[C@](O)(C#CCCO)C2. The minimum absolute atomic E-state index is 0.0578. The lowest BCUT2D eigenvalue weighted by atomic mass is 9.47. The highest BCUT2D eigenvalue weighted by molar-refractivity contribution is 5.82. The van der Waals surface area contributed by atoms with Gasteiger partial charge in [0.2, 0.25) is 18.5 Å². The smallest absolute Gasteiger partial charge is 0.232 e. The number of carbonyl (C=O) groups is 1. The van der Waals surface area contributed by atoms with E-state index in [-0.39, 0.29) is 17.9 Å². The van der Waals surface area contributed by atoms with Gasteiger partial charge in [0.1, 0.15) is 5.60 Å². The molecule has 5 nitrogen and oxygen atoms in total. The maximum absolute atomic E-state index is 12.9. The molecule has 0 bridgehead atoms. The molecular formula is C26H37N2O3+. The maximum atomic E-state index is 12.9. The molecule has 0 spiro atoms. The number of hydrogen-bond donors (Lipinski definition) is 2. The summed E-state index contributed by atoms with van der Waals surface area (Å²) >= 11 is 0. The van der Waals surface area contributed by atoms with Crippen LogP contribution in [0.2, 0.25) is 0 Å². The molecule has 0 aromatic heterocycles. The molecule has 1 aliphatic heterocycles. The molecule has 1 heterocycles. The molecule has 4 aliphatic carbocycles. The molecule has 0 radical (unpaired) electrons. The molecule has 4 fully saturated rings. The number of hydrogen-bond acceptors (Lipinski definition) is 4. The Hall–Kier alpha value is -1.51. The molecule has 168 valence electrons. The third kappa shape index (κ3) is 3.80. The molecule has 5 rings (SSSR count). The summed E-state index contributed by atoms with van der Waals surface area (Å²) in [5, 5.41) is 24.3. The minimum Gasteiger partial charge on any atom is -0.395 e. The van der Waals surface area contributed by atoms with E-state index in [4.69, 9.17) is 5.11 Å². The van der Waals surface area contributed by atoms with Crippen LogP contribution >= 0.6 is 0 Å². The fourth-order valence-electron chi connectivity index (χ4n) is 8.34. The van der Waals surface area contributed by atoms with Crippen molar-refractivity contribution < 1.29 is 19.7 Å². The zero-order valence-corrected chi connectivity index (χ0v) is 18.8. The Balaban J connectivity index is 1.27. The van der Waals surface area contributed by atoms with Gasteiger partial charge >= 0.3 is 0 Å². The number of fused-ring (bicyclic) bond motifs is 5. The normalized spacial score (nSPS) is 45.3. The molecule has 5 aliphatic rings. The van der Waals surface area contributed by atoms with E-state index in [0.717, 1.165) is 37.5 Å². The van der Waals surface area contributed by atoms with Gasteiger partial charge < -0.3 is 10.2 Å². The Bertz CT molecular complexity index is 854. The summed E-state index contributed by atoms with van der Waals surface area (Å²) in [6.07, 6.45) is 13.8. The van der Waals surface area contributed by atoms with Gasteiger partial charge in [-0.05, 0) is 97.9 Å². The Morgan fingerprint density at radius 3 is 2.58 bits per heavy atom. The van der Waals surface area contributed by atoms with Gasteiger partial charge in [-0.3, -0.25) is 4.79 Å². The van der Waals surface area contributed by atoms with Crippen LogP contribution in [0.25, 0.3) is 0 Å². The van der Waals surface area contributed by atoms with Crippen LogP contribution in [-0.2, 0) is 4.79 Å². The fourth-order valence-corrected chi connectivity index (χ4v) is 8.34. The highest BCUT2D eigenvalue weighted by atomic mass is 16.3. The topological polar surface area (TPSA) is 72.9 Å². The first-order valence-corrected chi connectivity index (χ1v) is 12.4. The lowest BCUT2D eigenvalue weighted by Crippen LogP contribution is -2.53. The van der Waals surface area contributed by atoms with Crippen molar-refractivity contribution in [3.05, 3.63) is 12.4 Å². The van der Waals surface area contributed by atoms with Crippen molar-refractivity contribution in [1.82, 2.24) is 0 Å². The predicted molar refractivity (Wildman–Crippen MR) is 117 cm³/mol. The lowest BCUT2D eigenvalue weighted by molar-refractivity contribution is -0.532. The second-order valence-electron chi connectivity index (χ2n) is 11.2. The summed E-state index contributed by atoms with van der Waals surface area (Å²) in [5.41, 5.74) is -0.722. The average molecular weight is 426 g/mol. The molecule has 0 saturated heterocycles. The molecular weight excluding hydrogens is 388 g/mol. The number of aliphatic hydroxyl groups is 2. The summed E-state index contributed by atoms with van der Waals surface area (Å²) < 4.78 is 1.78. The summed E-state index contributed by atoms with van der Waals surface area (Å²) in [5.74, 6) is 10.2. The quantitative estimate of drug-likeness (QED) is 0.530. The molecule has 2 unspecified atom stereocenters. The van der Waals surface area contributed by atoms with E-state index in [1.807, 2.05) is 6.20 Å². The van der Waals surface area contributed by atoms with Gasteiger partial charge in [-0.25, -0.2) is 0 Å². The summed E-state index contributed by atoms with van der Waals surface area (Å²) in [6, 6.07) is 0. The van der Waals surface area contributed by atoms with Crippen molar-refractivity contribution >= 4 is 5.78 Å². The third-order valence-electron chi connectivity index (χ3n) is 9.58. The molecule has 0 amide bonds. The molecule has 5 heteroatoms. The number of carbonyl (C=O) groups excluding carboxylic acids is 1. The second-order valence-corrected chi connectivity index (χ2v) is 11.2. The van der Waals surface area contributed by atoms with Crippen LogP contribution in [0.4, 0.5) is 0 Å². The Kier molecular flexibility index (Phi) is 5.59. The summed E-state index contributed by atoms with van der Waals surface area (Å²) in [6.45, 7) is 2.90. The molecule has 8 atom stereocenters. The van der Waals surface area contributed by atoms with Crippen LogP contribution in [0.3, 0.4) is 0 Å². The minimum atomic E-state index is -0.883. The zero-order valence-electron chi connectivity index (χ0n) is 18.8. The monoisotopic (exact) mass is 425 g/mol. The third-order valence-corrected chi connectivity index (χ3v) is 9.58. The van der Waals surface area contributed by atoms with Crippen LogP contribution in [-0.4, -0.2) is 39.4 Å². The van der Waals surface area contributed by atoms with E-state index in [1.54, 1.807) is 10.9 Å². The van der Waals surface area contributed by atoms with Crippen LogP contribution in [0.15, 0.2) is 17.5 Å². The number of nitrogens with zero attached hydrogens (tertiary/aromatic N) is 2. The van der Waals surface area contributed by atoms with Crippen LogP contribution < -0.4 is 0 Å². The van der Waals surface area contributed by atoms with E-state index < -0.39 is 5.60 Å². The van der Waals surface area contributed by atoms with Gasteiger partial charge in [-0.15, -0.1) is 0 Å². The second kappa shape index (κ2) is 8.12. The van der Waals surface area contributed by atoms with E-state index >= 15 is 0 Å². The zero-order chi connectivity index (χ0) is 21.6. The largest absolute Gasteiger partial charge is 0.395 e. The van der Waals surface area contributed by atoms with Crippen molar-refractivity contribution in [2.45, 2.75) is 76.7 Å². The molecule has 0 aromatic rings. The van der Waals surface area contributed by atoms with Gasteiger partial charge in [-0.1, -0.05) is 23.5 Å². The highest BCUT2D eigenvalue weighted by Crippen LogP contribution is 2.63.